The predicted molar refractivity (Wildman–Crippen MR) is 88.1 cm³/mol. The van der Waals surface area contributed by atoms with Crippen LogP contribution in [0.15, 0.2) is 67.4 Å². The lowest BCUT2D eigenvalue weighted by atomic mass is 9.97. The van der Waals surface area contributed by atoms with Crippen molar-refractivity contribution in [1.82, 2.24) is 14.5 Å². The van der Waals surface area contributed by atoms with Gasteiger partial charge in [0.15, 0.2) is 0 Å². The van der Waals surface area contributed by atoms with Crippen molar-refractivity contribution in [3.05, 3.63) is 78.5 Å². The molecule has 3 aromatic rings. The third-order valence-electron chi connectivity index (χ3n) is 4.11. The van der Waals surface area contributed by atoms with E-state index in [1.54, 1.807) is 58.8 Å². The third kappa shape index (κ3) is 2.67. The second kappa shape index (κ2) is 5.77. The molecule has 1 aliphatic rings. The van der Waals surface area contributed by atoms with Crippen LogP contribution >= 0.6 is 0 Å². The lowest BCUT2D eigenvalue weighted by molar-refractivity contribution is -0.138. The van der Waals surface area contributed by atoms with E-state index in [9.17, 15) is 13.2 Å². The number of hydrogen-bond acceptors (Lipinski definition) is 3. The first-order valence-electron chi connectivity index (χ1n) is 7.61. The van der Waals surface area contributed by atoms with E-state index < -0.39 is 17.8 Å². The van der Waals surface area contributed by atoms with E-state index in [4.69, 9.17) is 0 Å². The number of aromatic nitrogens is 3. The van der Waals surface area contributed by atoms with Crippen LogP contribution in [-0.4, -0.2) is 14.5 Å². The van der Waals surface area contributed by atoms with Gasteiger partial charge in [0.25, 0.3) is 0 Å². The predicted octanol–water partition coefficient (Wildman–Crippen LogP) is 4.66. The summed E-state index contributed by atoms with van der Waals surface area (Å²) in [4.78, 5) is 10.0. The molecule has 0 amide bonds. The smallest absolute Gasteiger partial charge is 0.314 e. The van der Waals surface area contributed by atoms with Crippen molar-refractivity contribution in [3.8, 4) is 0 Å². The molecule has 0 saturated carbocycles. The van der Waals surface area contributed by atoms with Crippen LogP contribution < -0.4 is 4.90 Å². The molecular formula is C18H13F3N4. The zero-order chi connectivity index (χ0) is 17.4. The molecule has 1 atom stereocenters. The number of halogens is 3. The Hall–Kier alpha value is -3.09. The molecule has 4 nitrogen and oxygen atoms in total. The molecule has 0 aliphatic carbocycles. The van der Waals surface area contributed by atoms with Crippen molar-refractivity contribution < 1.29 is 13.2 Å². The van der Waals surface area contributed by atoms with E-state index in [1.807, 2.05) is 6.07 Å². The lowest BCUT2D eigenvalue weighted by Gasteiger charge is -2.35. The standard InChI is InChI=1S/C18H13F3N4/c19-18(20,21)15-6-2-1-5-14(15)16-7-9-24-12-23-11-17(24)25(16)13-4-3-8-22-10-13/h1-12,16H. The minimum Gasteiger partial charge on any atom is -0.314 e. The Labute approximate surface area is 141 Å². The molecule has 25 heavy (non-hydrogen) atoms. The molecule has 126 valence electrons. The van der Waals surface area contributed by atoms with Crippen LogP contribution in [0, 0.1) is 0 Å². The van der Waals surface area contributed by atoms with Gasteiger partial charge in [0.05, 0.1) is 29.7 Å². The number of rotatable bonds is 2. The van der Waals surface area contributed by atoms with Gasteiger partial charge in [-0.25, -0.2) is 4.98 Å². The summed E-state index contributed by atoms with van der Waals surface area (Å²) >= 11 is 0. The topological polar surface area (TPSA) is 34.0 Å². The summed E-state index contributed by atoms with van der Waals surface area (Å²) in [5, 5.41) is 0. The highest BCUT2D eigenvalue weighted by molar-refractivity contribution is 5.67. The SMILES string of the molecule is FC(F)(F)c1ccccc1C1C=Cn2cncc2N1c1cccnc1. The summed E-state index contributed by atoms with van der Waals surface area (Å²) in [6.07, 6.45) is 5.52. The molecule has 4 rings (SSSR count). The molecule has 3 heterocycles. The maximum absolute atomic E-state index is 13.5. The molecular weight excluding hydrogens is 329 g/mol. The second-order valence-corrected chi connectivity index (χ2v) is 5.61. The third-order valence-corrected chi connectivity index (χ3v) is 4.11. The van der Waals surface area contributed by atoms with Crippen molar-refractivity contribution in [3.63, 3.8) is 0 Å². The zero-order valence-electron chi connectivity index (χ0n) is 12.9. The molecule has 0 N–H and O–H groups in total. The summed E-state index contributed by atoms with van der Waals surface area (Å²) in [6.45, 7) is 0. The van der Waals surface area contributed by atoms with Gasteiger partial charge in [-0.3, -0.25) is 9.55 Å². The van der Waals surface area contributed by atoms with Gasteiger partial charge < -0.3 is 4.90 Å². The van der Waals surface area contributed by atoms with E-state index in [1.165, 1.54) is 12.1 Å². The quantitative estimate of drug-likeness (QED) is 0.679. The Morgan fingerprint density at radius 2 is 1.80 bits per heavy atom. The van der Waals surface area contributed by atoms with Gasteiger partial charge in [-0.2, -0.15) is 13.2 Å². The highest BCUT2D eigenvalue weighted by Gasteiger charge is 2.37. The van der Waals surface area contributed by atoms with Crippen LogP contribution in [0.1, 0.15) is 17.2 Å². The molecule has 0 fully saturated rings. The molecule has 1 aliphatic heterocycles. The number of fused-ring (bicyclic) bond motifs is 1. The first-order valence-corrected chi connectivity index (χ1v) is 7.61. The highest BCUT2D eigenvalue weighted by atomic mass is 19.4. The van der Waals surface area contributed by atoms with Crippen LogP contribution in [0.5, 0.6) is 0 Å². The Morgan fingerprint density at radius 1 is 0.960 bits per heavy atom. The van der Waals surface area contributed by atoms with Crippen molar-refractivity contribution in [2.24, 2.45) is 0 Å². The van der Waals surface area contributed by atoms with Crippen LogP contribution in [-0.2, 0) is 6.18 Å². The lowest BCUT2D eigenvalue weighted by Crippen LogP contribution is -2.28. The summed E-state index contributed by atoms with van der Waals surface area (Å²) < 4.78 is 42.3. The number of pyridine rings is 1. The van der Waals surface area contributed by atoms with Crippen LogP contribution in [0.3, 0.4) is 0 Å². The maximum Gasteiger partial charge on any atom is 0.416 e. The van der Waals surface area contributed by atoms with Gasteiger partial charge in [0.1, 0.15) is 12.1 Å². The molecule has 1 unspecified atom stereocenters. The number of imidazole rings is 1. The van der Waals surface area contributed by atoms with Crippen LogP contribution in [0.25, 0.3) is 6.20 Å². The fourth-order valence-corrected chi connectivity index (χ4v) is 3.05. The summed E-state index contributed by atoms with van der Waals surface area (Å²) in [5.74, 6) is 0.678. The van der Waals surface area contributed by atoms with Crippen LogP contribution in [0.2, 0.25) is 0 Å². The minimum atomic E-state index is -4.43. The zero-order valence-corrected chi connectivity index (χ0v) is 12.9. The number of anilines is 2. The fourth-order valence-electron chi connectivity index (χ4n) is 3.05. The molecule has 7 heteroatoms. The molecule has 0 saturated heterocycles. The minimum absolute atomic E-state index is 0.183. The highest BCUT2D eigenvalue weighted by Crippen LogP contribution is 2.42. The molecule has 0 spiro atoms. The van der Waals surface area contributed by atoms with Crippen LogP contribution in [0.4, 0.5) is 24.7 Å². The fraction of sp³-hybridized carbons (Fsp3) is 0.111. The largest absolute Gasteiger partial charge is 0.416 e. The van der Waals surface area contributed by atoms with Crippen molar-refractivity contribution in [2.75, 3.05) is 4.90 Å². The van der Waals surface area contributed by atoms with Gasteiger partial charge in [-0.05, 0) is 29.8 Å². The van der Waals surface area contributed by atoms with Crippen molar-refractivity contribution >= 4 is 17.7 Å². The van der Waals surface area contributed by atoms with E-state index >= 15 is 0 Å². The first-order chi connectivity index (χ1) is 12.1. The average Bonchev–Trinajstić information content (AvgIpc) is 3.09. The summed E-state index contributed by atoms with van der Waals surface area (Å²) in [7, 11) is 0. The summed E-state index contributed by atoms with van der Waals surface area (Å²) in [5.41, 5.74) is 0.227. The Kier molecular flexibility index (Phi) is 3.56. The number of nitrogens with zero attached hydrogens (tertiary/aromatic N) is 4. The average molecular weight is 342 g/mol. The number of alkyl halides is 3. The van der Waals surface area contributed by atoms with Gasteiger partial charge in [-0.15, -0.1) is 0 Å². The summed E-state index contributed by atoms with van der Waals surface area (Å²) in [6, 6.07) is 8.58. The van der Waals surface area contributed by atoms with Gasteiger partial charge in [0, 0.05) is 12.4 Å². The van der Waals surface area contributed by atoms with Gasteiger partial charge >= 0.3 is 6.18 Å². The van der Waals surface area contributed by atoms with Gasteiger partial charge in [0.2, 0.25) is 0 Å². The number of hydrogen-bond donors (Lipinski definition) is 0. The van der Waals surface area contributed by atoms with Crippen molar-refractivity contribution in [2.45, 2.75) is 12.2 Å². The van der Waals surface area contributed by atoms with E-state index in [-0.39, 0.29) is 5.56 Å². The molecule has 1 aromatic carbocycles. The molecule has 2 aromatic heterocycles. The number of benzene rings is 1. The second-order valence-electron chi connectivity index (χ2n) is 5.61. The Balaban J connectivity index is 1.90. The maximum atomic E-state index is 13.5. The first kappa shape index (κ1) is 15.4. The van der Waals surface area contributed by atoms with E-state index in [2.05, 4.69) is 9.97 Å². The normalized spacial score (nSPS) is 16.8. The Bertz CT molecular complexity index is 915. The van der Waals surface area contributed by atoms with Crippen molar-refractivity contribution in [1.29, 1.82) is 0 Å². The van der Waals surface area contributed by atoms with E-state index in [0.717, 1.165) is 6.07 Å². The molecule has 0 radical (unpaired) electrons. The van der Waals surface area contributed by atoms with Gasteiger partial charge in [-0.1, -0.05) is 18.2 Å². The van der Waals surface area contributed by atoms with E-state index in [0.29, 0.717) is 11.5 Å². The monoisotopic (exact) mass is 342 g/mol. The Morgan fingerprint density at radius 3 is 2.56 bits per heavy atom. The molecule has 0 bridgehead atoms.